The fraction of sp³-hybridized carbons (Fsp3) is 0.0833. The predicted octanol–water partition coefficient (Wildman–Crippen LogP) is 1.42. The maximum Gasteiger partial charge on any atom is 0.248 e. The van der Waals surface area contributed by atoms with Crippen LogP contribution in [0.1, 0.15) is 17.3 Å². The van der Waals surface area contributed by atoms with Gasteiger partial charge in [-0.05, 0) is 11.6 Å². The quantitative estimate of drug-likeness (QED) is 0.770. The van der Waals surface area contributed by atoms with E-state index in [0.717, 1.165) is 11.3 Å². The van der Waals surface area contributed by atoms with Crippen LogP contribution in [0, 0.1) is 0 Å². The summed E-state index contributed by atoms with van der Waals surface area (Å²) in [4.78, 5) is 13.8. The lowest BCUT2D eigenvalue weighted by Gasteiger charge is -2.11. The first-order chi connectivity index (χ1) is 7.27. The molecule has 1 unspecified atom stereocenters. The third kappa shape index (κ3) is 2.14. The number of H-pyrrole nitrogens is 1. The molecule has 2 rings (SSSR count). The van der Waals surface area contributed by atoms with Crippen LogP contribution < -0.4 is 11.3 Å². The summed E-state index contributed by atoms with van der Waals surface area (Å²) in [7, 11) is 0. The van der Waals surface area contributed by atoms with Gasteiger partial charge in [-0.25, -0.2) is 0 Å². The Kier molecular flexibility index (Phi) is 2.65. The first-order valence-electron chi connectivity index (χ1n) is 4.77. The second kappa shape index (κ2) is 4.11. The normalized spacial score (nSPS) is 12.3. The van der Waals surface area contributed by atoms with Gasteiger partial charge in [0, 0.05) is 11.8 Å². The third-order valence-electron chi connectivity index (χ3n) is 2.28. The molecular formula is C12H12N2O. The number of hydrogen-bond acceptors (Lipinski definition) is 2. The van der Waals surface area contributed by atoms with Crippen molar-refractivity contribution < 1.29 is 0 Å². The van der Waals surface area contributed by atoms with Crippen LogP contribution in [0.15, 0.2) is 53.3 Å². The van der Waals surface area contributed by atoms with Crippen LogP contribution >= 0.6 is 0 Å². The molecule has 76 valence electrons. The molecule has 2 aromatic rings. The van der Waals surface area contributed by atoms with Gasteiger partial charge in [0.15, 0.2) is 0 Å². The molecule has 3 N–H and O–H groups in total. The minimum absolute atomic E-state index is 0.126. The van der Waals surface area contributed by atoms with Gasteiger partial charge in [-0.1, -0.05) is 36.4 Å². The van der Waals surface area contributed by atoms with Crippen molar-refractivity contribution >= 4 is 0 Å². The summed E-state index contributed by atoms with van der Waals surface area (Å²) in [5.41, 5.74) is 7.60. The molecular weight excluding hydrogens is 188 g/mol. The smallest absolute Gasteiger partial charge is 0.248 e. The highest BCUT2D eigenvalue weighted by atomic mass is 16.1. The topological polar surface area (TPSA) is 58.9 Å². The number of pyridine rings is 1. The maximum atomic E-state index is 11.1. The van der Waals surface area contributed by atoms with E-state index in [-0.39, 0.29) is 11.6 Å². The number of hydrogen-bond donors (Lipinski definition) is 2. The molecule has 3 heteroatoms. The summed E-state index contributed by atoms with van der Waals surface area (Å²) in [6, 6.07) is 14.4. The summed E-state index contributed by atoms with van der Waals surface area (Å²) in [6.45, 7) is 0. The Balaban J connectivity index is 2.37. The minimum atomic E-state index is -0.278. The Labute approximate surface area is 87.6 Å². The van der Waals surface area contributed by atoms with Crippen LogP contribution in [0.5, 0.6) is 0 Å². The number of aromatic nitrogens is 1. The zero-order valence-corrected chi connectivity index (χ0v) is 8.18. The highest BCUT2D eigenvalue weighted by Gasteiger charge is 2.07. The monoisotopic (exact) mass is 200 g/mol. The molecule has 0 radical (unpaired) electrons. The van der Waals surface area contributed by atoms with Crippen LogP contribution in [0.4, 0.5) is 0 Å². The van der Waals surface area contributed by atoms with Crippen molar-refractivity contribution in [3.63, 3.8) is 0 Å². The lowest BCUT2D eigenvalue weighted by Crippen LogP contribution is -2.17. The fourth-order valence-corrected chi connectivity index (χ4v) is 1.49. The summed E-state index contributed by atoms with van der Waals surface area (Å²) < 4.78 is 0. The van der Waals surface area contributed by atoms with E-state index in [1.165, 1.54) is 6.07 Å². The van der Waals surface area contributed by atoms with Crippen LogP contribution in [0.3, 0.4) is 0 Å². The number of nitrogens with one attached hydrogen (secondary N) is 1. The lowest BCUT2D eigenvalue weighted by molar-refractivity contribution is 0.822. The molecule has 15 heavy (non-hydrogen) atoms. The van der Waals surface area contributed by atoms with Crippen molar-refractivity contribution in [2.75, 3.05) is 0 Å². The van der Waals surface area contributed by atoms with Gasteiger partial charge in [0.2, 0.25) is 5.56 Å². The molecule has 1 aromatic heterocycles. The van der Waals surface area contributed by atoms with E-state index in [9.17, 15) is 4.79 Å². The summed E-state index contributed by atoms with van der Waals surface area (Å²) in [5.74, 6) is 0. The van der Waals surface area contributed by atoms with Gasteiger partial charge in [-0.3, -0.25) is 4.79 Å². The third-order valence-corrected chi connectivity index (χ3v) is 2.28. The van der Waals surface area contributed by atoms with Gasteiger partial charge in [0.05, 0.1) is 6.04 Å². The Morgan fingerprint density at radius 1 is 1.00 bits per heavy atom. The molecule has 0 saturated heterocycles. The second-order valence-corrected chi connectivity index (χ2v) is 3.36. The average molecular weight is 200 g/mol. The van der Waals surface area contributed by atoms with Crippen molar-refractivity contribution in [2.24, 2.45) is 5.73 Å². The van der Waals surface area contributed by atoms with Gasteiger partial charge >= 0.3 is 0 Å². The van der Waals surface area contributed by atoms with Gasteiger partial charge in [-0.2, -0.15) is 0 Å². The van der Waals surface area contributed by atoms with E-state index in [0.29, 0.717) is 0 Å². The molecule has 1 heterocycles. The summed E-state index contributed by atoms with van der Waals surface area (Å²) in [6.07, 6.45) is 0. The Morgan fingerprint density at radius 3 is 2.40 bits per heavy atom. The number of rotatable bonds is 2. The molecule has 0 amide bonds. The average Bonchev–Trinajstić information content (AvgIpc) is 2.29. The Bertz CT molecular complexity index is 490. The number of nitrogens with two attached hydrogens (primary N) is 1. The highest BCUT2D eigenvalue weighted by Crippen LogP contribution is 2.15. The fourth-order valence-electron chi connectivity index (χ4n) is 1.49. The van der Waals surface area contributed by atoms with Crippen LogP contribution in [0.2, 0.25) is 0 Å². The second-order valence-electron chi connectivity index (χ2n) is 3.36. The van der Waals surface area contributed by atoms with Crippen LogP contribution in [0.25, 0.3) is 0 Å². The zero-order chi connectivity index (χ0) is 10.7. The maximum absolute atomic E-state index is 11.1. The minimum Gasteiger partial charge on any atom is -0.324 e. The van der Waals surface area contributed by atoms with E-state index in [1.807, 2.05) is 36.4 Å². The molecule has 0 saturated carbocycles. The van der Waals surface area contributed by atoms with E-state index in [2.05, 4.69) is 4.98 Å². The SMILES string of the molecule is NC(c1ccccc1)c1cccc(=O)[nH]1. The van der Waals surface area contributed by atoms with Gasteiger partial charge in [0.25, 0.3) is 0 Å². The van der Waals surface area contributed by atoms with Crippen molar-refractivity contribution in [1.29, 1.82) is 0 Å². The van der Waals surface area contributed by atoms with Gasteiger partial charge in [-0.15, -0.1) is 0 Å². The highest BCUT2D eigenvalue weighted by molar-refractivity contribution is 5.26. The molecule has 1 aromatic carbocycles. The zero-order valence-electron chi connectivity index (χ0n) is 8.18. The number of benzene rings is 1. The van der Waals surface area contributed by atoms with Gasteiger partial charge < -0.3 is 10.7 Å². The van der Waals surface area contributed by atoms with Gasteiger partial charge in [0.1, 0.15) is 0 Å². The predicted molar refractivity (Wildman–Crippen MR) is 59.5 cm³/mol. The number of aromatic amines is 1. The molecule has 0 aliphatic heterocycles. The van der Waals surface area contributed by atoms with Crippen molar-refractivity contribution in [3.8, 4) is 0 Å². The Hall–Kier alpha value is -1.87. The van der Waals surface area contributed by atoms with Crippen molar-refractivity contribution in [3.05, 3.63) is 70.1 Å². The Morgan fingerprint density at radius 2 is 1.73 bits per heavy atom. The van der Waals surface area contributed by atoms with Crippen LogP contribution in [-0.4, -0.2) is 4.98 Å². The summed E-state index contributed by atoms with van der Waals surface area (Å²) >= 11 is 0. The van der Waals surface area contributed by atoms with E-state index >= 15 is 0 Å². The largest absolute Gasteiger partial charge is 0.324 e. The first kappa shape index (κ1) is 9.68. The standard InChI is InChI=1S/C12H12N2O/c13-12(9-5-2-1-3-6-9)10-7-4-8-11(15)14-10/h1-8,12H,13H2,(H,14,15). The van der Waals surface area contributed by atoms with E-state index in [4.69, 9.17) is 5.73 Å². The molecule has 0 aliphatic carbocycles. The van der Waals surface area contributed by atoms with E-state index < -0.39 is 0 Å². The molecule has 0 aliphatic rings. The van der Waals surface area contributed by atoms with E-state index in [1.54, 1.807) is 6.07 Å². The molecule has 0 fully saturated rings. The lowest BCUT2D eigenvalue weighted by atomic mass is 10.0. The van der Waals surface area contributed by atoms with Crippen molar-refractivity contribution in [1.82, 2.24) is 4.98 Å². The van der Waals surface area contributed by atoms with Crippen molar-refractivity contribution in [2.45, 2.75) is 6.04 Å². The molecule has 3 nitrogen and oxygen atoms in total. The first-order valence-corrected chi connectivity index (χ1v) is 4.77. The van der Waals surface area contributed by atoms with Crippen LogP contribution in [-0.2, 0) is 0 Å². The molecule has 1 atom stereocenters. The molecule has 0 bridgehead atoms. The molecule has 0 spiro atoms. The summed E-state index contributed by atoms with van der Waals surface area (Å²) in [5, 5.41) is 0.